The molecule has 27 heavy (non-hydrogen) atoms. The molecule has 0 saturated carbocycles. The standard InChI is InChI=1S/C20H14N2O2S3/c1-24-14-7-8-16-12(10-14)9-13(11-17-18(23)22-20(25)27-17)19(21-16)26-15-5-3-2-4-6-15/h2-11H,1H3,(H,22,23,25)/b17-11+. The fourth-order valence-electron chi connectivity index (χ4n) is 2.63. The number of fused-ring (bicyclic) bond motifs is 1. The van der Waals surface area contributed by atoms with E-state index in [4.69, 9.17) is 21.9 Å². The number of amides is 1. The minimum atomic E-state index is -0.175. The van der Waals surface area contributed by atoms with E-state index < -0.39 is 0 Å². The second-order valence-electron chi connectivity index (χ2n) is 5.71. The van der Waals surface area contributed by atoms with Gasteiger partial charge in [-0.3, -0.25) is 4.79 Å². The number of ether oxygens (including phenoxy) is 1. The second kappa shape index (κ2) is 7.72. The number of hydrogen-bond donors (Lipinski definition) is 1. The van der Waals surface area contributed by atoms with E-state index in [-0.39, 0.29) is 5.91 Å². The highest BCUT2D eigenvalue weighted by molar-refractivity contribution is 8.26. The zero-order valence-electron chi connectivity index (χ0n) is 14.3. The summed E-state index contributed by atoms with van der Waals surface area (Å²) in [5.41, 5.74) is 1.74. The molecule has 7 heteroatoms. The van der Waals surface area contributed by atoms with Crippen LogP contribution in [0.25, 0.3) is 17.0 Å². The maximum atomic E-state index is 12.1. The zero-order chi connectivity index (χ0) is 18.8. The van der Waals surface area contributed by atoms with Crippen LogP contribution in [-0.4, -0.2) is 22.3 Å². The number of benzene rings is 2. The second-order valence-corrected chi connectivity index (χ2v) is 8.49. The Labute approximate surface area is 170 Å². The van der Waals surface area contributed by atoms with Crippen molar-refractivity contribution in [2.45, 2.75) is 9.92 Å². The third-order valence-electron chi connectivity index (χ3n) is 3.90. The Morgan fingerprint density at radius 3 is 2.70 bits per heavy atom. The van der Waals surface area contributed by atoms with Gasteiger partial charge >= 0.3 is 0 Å². The van der Waals surface area contributed by atoms with Gasteiger partial charge in [0.15, 0.2) is 0 Å². The molecule has 0 spiro atoms. The topological polar surface area (TPSA) is 51.2 Å². The summed E-state index contributed by atoms with van der Waals surface area (Å²) in [5, 5.41) is 4.43. The Hall–Kier alpha value is -2.35. The number of nitrogens with one attached hydrogen (secondary N) is 1. The lowest BCUT2D eigenvalue weighted by molar-refractivity contribution is -0.115. The van der Waals surface area contributed by atoms with E-state index >= 15 is 0 Å². The van der Waals surface area contributed by atoms with Crippen molar-refractivity contribution in [3.05, 3.63) is 65.1 Å². The lowest BCUT2D eigenvalue weighted by Gasteiger charge is -2.09. The summed E-state index contributed by atoms with van der Waals surface area (Å²) in [5.74, 6) is 0.590. The van der Waals surface area contributed by atoms with Crippen molar-refractivity contribution in [3.63, 3.8) is 0 Å². The molecular formula is C20H14N2O2S3. The number of aromatic nitrogens is 1. The van der Waals surface area contributed by atoms with Crippen LogP contribution < -0.4 is 10.1 Å². The maximum Gasteiger partial charge on any atom is 0.263 e. The normalized spacial score (nSPS) is 15.4. The number of hydrogen-bond acceptors (Lipinski definition) is 6. The number of pyridine rings is 1. The van der Waals surface area contributed by atoms with E-state index in [1.54, 1.807) is 18.9 Å². The lowest BCUT2D eigenvalue weighted by atomic mass is 10.1. The van der Waals surface area contributed by atoms with E-state index in [2.05, 4.69) is 5.32 Å². The molecule has 3 aromatic rings. The van der Waals surface area contributed by atoms with Gasteiger partial charge in [0.05, 0.1) is 17.5 Å². The minimum Gasteiger partial charge on any atom is -0.497 e. The van der Waals surface area contributed by atoms with Crippen molar-refractivity contribution in [2.24, 2.45) is 0 Å². The van der Waals surface area contributed by atoms with Crippen LogP contribution in [0.15, 0.2) is 69.4 Å². The van der Waals surface area contributed by atoms with Gasteiger partial charge < -0.3 is 10.1 Å². The molecule has 1 aliphatic heterocycles. The van der Waals surface area contributed by atoms with Crippen molar-refractivity contribution >= 4 is 62.9 Å². The highest BCUT2D eigenvalue weighted by Gasteiger charge is 2.23. The van der Waals surface area contributed by atoms with Gasteiger partial charge in [0.2, 0.25) is 0 Å². The largest absolute Gasteiger partial charge is 0.497 e. The van der Waals surface area contributed by atoms with Crippen LogP contribution in [0.1, 0.15) is 5.56 Å². The van der Waals surface area contributed by atoms with Gasteiger partial charge in [-0.2, -0.15) is 0 Å². The zero-order valence-corrected chi connectivity index (χ0v) is 16.7. The first kappa shape index (κ1) is 18.0. The van der Waals surface area contributed by atoms with Gasteiger partial charge in [0, 0.05) is 15.8 Å². The number of nitrogens with zero attached hydrogens (tertiary/aromatic N) is 1. The Morgan fingerprint density at radius 2 is 2.00 bits per heavy atom. The molecule has 0 aliphatic carbocycles. The van der Waals surface area contributed by atoms with E-state index in [0.717, 1.165) is 32.1 Å². The predicted octanol–water partition coefficient (Wildman–Crippen LogP) is 4.88. The van der Waals surface area contributed by atoms with Crippen molar-refractivity contribution in [3.8, 4) is 5.75 Å². The molecule has 0 unspecified atom stereocenters. The maximum absolute atomic E-state index is 12.1. The average Bonchev–Trinajstić information content (AvgIpc) is 2.99. The molecule has 2 heterocycles. The van der Waals surface area contributed by atoms with Crippen LogP contribution in [0.3, 0.4) is 0 Å². The first-order valence-corrected chi connectivity index (χ1v) is 10.1. The highest BCUT2D eigenvalue weighted by atomic mass is 32.2. The summed E-state index contributed by atoms with van der Waals surface area (Å²) in [7, 11) is 1.64. The van der Waals surface area contributed by atoms with Crippen molar-refractivity contribution < 1.29 is 9.53 Å². The van der Waals surface area contributed by atoms with Crippen molar-refractivity contribution in [2.75, 3.05) is 7.11 Å². The molecule has 0 radical (unpaired) electrons. The molecule has 134 valence electrons. The summed E-state index contributed by atoms with van der Waals surface area (Å²) in [4.78, 5) is 18.6. The van der Waals surface area contributed by atoms with E-state index in [0.29, 0.717) is 9.23 Å². The molecule has 1 aliphatic rings. The number of methoxy groups -OCH3 is 1. The molecule has 1 saturated heterocycles. The van der Waals surface area contributed by atoms with Gasteiger partial charge in [-0.05, 0) is 42.5 Å². The van der Waals surface area contributed by atoms with Gasteiger partial charge in [-0.25, -0.2) is 4.98 Å². The summed E-state index contributed by atoms with van der Waals surface area (Å²) in [6.45, 7) is 0. The molecule has 2 aromatic carbocycles. The Balaban J connectivity index is 1.84. The summed E-state index contributed by atoms with van der Waals surface area (Å²) >= 11 is 7.92. The molecule has 1 N–H and O–H groups in total. The quantitative estimate of drug-likeness (QED) is 0.489. The SMILES string of the molecule is COc1ccc2nc(Sc3ccccc3)c(/C=C3/SC(=S)NC3=O)cc2c1. The Morgan fingerprint density at radius 1 is 1.19 bits per heavy atom. The minimum absolute atomic E-state index is 0.175. The van der Waals surface area contributed by atoms with E-state index in [9.17, 15) is 4.79 Å². The summed E-state index contributed by atoms with van der Waals surface area (Å²) in [6.07, 6.45) is 1.84. The van der Waals surface area contributed by atoms with Crippen molar-refractivity contribution in [1.82, 2.24) is 10.3 Å². The van der Waals surface area contributed by atoms with Crippen LogP contribution in [0, 0.1) is 0 Å². The van der Waals surface area contributed by atoms with Gasteiger partial charge in [0.1, 0.15) is 15.1 Å². The number of carbonyl (C=O) groups excluding carboxylic acids is 1. The van der Waals surface area contributed by atoms with E-state index in [1.807, 2.05) is 60.7 Å². The molecule has 1 amide bonds. The third-order valence-corrected chi connectivity index (χ3v) is 6.09. The lowest BCUT2D eigenvalue weighted by Crippen LogP contribution is -2.17. The number of carbonyl (C=O) groups is 1. The fourth-order valence-corrected chi connectivity index (χ4v) is 4.56. The first-order chi connectivity index (χ1) is 13.1. The fraction of sp³-hybridized carbons (Fsp3) is 0.0500. The highest BCUT2D eigenvalue weighted by Crippen LogP contribution is 2.35. The first-order valence-electron chi connectivity index (χ1n) is 8.09. The average molecular weight is 411 g/mol. The monoisotopic (exact) mass is 410 g/mol. The predicted molar refractivity (Wildman–Crippen MR) is 115 cm³/mol. The number of thioether (sulfide) groups is 1. The third kappa shape index (κ3) is 4.00. The molecule has 0 atom stereocenters. The van der Waals surface area contributed by atoms with Crippen LogP contribution in [0.5, 0.6) is 5.75 Å². The molecule has 1 aromatic heterocycles. The molecule has 4 rings (SSSR count). The van der Waals surface area contributed by atoms with Crippen LogP contribution >= 0.6 is 35.7 Å². The van der Waals surface area contributed by atoms with E-state index in [1.165, 1.54) is 11.8 Å². The van der Waals surface area contributed by atoms with Gasteiger partial charge in [-0.15, -0.1) is 0 Å². The van der Waals surface area contributed by atoms with Gasteiger partial charge in [0.25, 0.3) is 5.91 Å². The molecular weight excluding hydrogens is 396 g/mol. The smallest absolute Gasteiger partial charge is 0.263 e. The van der Waals surface area contributed by atoms with Crippen LogP contribution in [0.2, 0.25) is 0 Å². The van der Waals surface area contributed by atoms with Crippen LogP contribution in [0.4, 0.5) is 0 Å². The molecule has 0 bridgehead atoms. The molecule has 1 fully saturated rings. The Bertz CT molecular complexity index is 1080. The summed E-state index contributed by atoms with van der Waals surface area (Å²) < 4.78 is 5.79. The number of rotatable bonds is 4. The van der Waals surface area contributed by atoms with Crippen molar-refractivity contribution in [1.29, 1.82) is 0 Å². The van der Waals surface area contributed by atoms with Crippen LogP contribution in [-0.2, 0) is 4.79 Å². The number of thiocarbonyl (C=S) groups is 1. The van der Waals surface area contributed by atoms with Gasteiger partial charge in [-0.1, -0.05) is 53.9 Å². The summed E-state index contributed by atoms with van der Waals surface area (Å²) in [6, 6.07) is 17.8. The molecule has 4 nitrogen and oxygen atoms in total. The Kier molecular flexibility index (Phi) is 5.15.